The standard InChI is InChI=1S/C39H51N5O8/c1-39(2,3)52-37(49)41-31(19-11-6-4-5-8-16-26-20-30(26)35(47)42-34(46)25-14-9-7-10-15-25)36(48)44-24-29(21-32(44)33(40)45)51-38(50)43-22-27-17-12-13-18-28(27)23-43/h7,9-10,12-15,17-18,26,29-32H,4-6,8,11,16,19-24H2,1-3H3,(H2,40,45)(H,41,49)(H,42,46,47)/t26-,29-,30+,31+,32+/m1/s1. The number of carbonyl (C=O) groups is 6. The van der Waals surface area contributed by atoms with Crippen LogP contribution in [0.15, 0.2) is 54.6 Å². The van der Waals surface area contributed by atoms with Gasteiger partial charge in [0.1, 0.15) is 23.8 Å². The molecular formula is C39H51N5O8. The van der Waals surface area contributed by atoms with Gasteiger partial charge in [0.2, 0.25) is 17.7 Å². The Kier molecular flexibility index (Phi) is 12.6. The summed E-state index contributed by atoms with van der Waals surface area (Å²) in [6.45, 7) is 6.00. The van der Waals surface area contributed by atoms with Crippen LogP contribution >= 0.6 is 0 Å². The zero-order chi connectivity index (χ0) is 37.4. The first-order chi connectivity index (χ1) is 24.8. The van der Waals surface area contributed by atoms with E-state index in [1.165, 1.54) is 4.90 Å². The largest absolute Gasteiger partial charge is 0.444 e. The Balaban J connectivity index is 1.07. The number of nitrogens with two attached hydrogens (primary N) is 1. The molecule has 13 nitrogen and oxygen atoms in total. The highest BCUT2D eigenvalue weighted by Crippen LogP contribution is 2.42. The van der Waals surface area contributed by atoms with Crippen LogP contribution in [-0.4, -0.2) is 75.9 Å². The van der Waals surface area contributed by atoms with E-state index in [1.54, 1.807) is 49.9 Å². The highest BCUT2D eigenvalue weighted by atomic mass is 16.6. The van der Waals surface area contributed by atoms with Gasteiger partial charge in [-0.3, -0.25) is 29.4 Å². The van der Waals surface area contributed by atoms with Crippen LogP contribution in [0.3, 0.4) is 0 Å². The molecule has 52 heavy (non-hydrogen) atoms. The molecule has 0 spiro atoms. The van der Waals surface area contributed by atoms with Crippen LogP contribution in [0.25, 0.3) is 0 Å². The molecule has 1 aliphatic carbocycles. The fourth-order valence-electron chi connectivity index (χ4n) is 7.02. The molecule has 1 saturated heterocycles. The monoisotopic (exact) mass is 717 g/mol. The highest BCUT2D eigenvalue weighted by molar-refractivity contribution is 6.05. The topological polar surface area (TPSA) is 177 Å². The fraction of sp³-hybridized carbons (Fsp3) is 0.538. The summed E-state index contributed by atoms with van der Waals surface area (Å²) in [6.07, 6.45) is 4.28. The normalized spacial score (nSPS) is 21.1. The second-order valence-corrected chi connectivity index (χ2v) is 15.1. The number of amides is 6. The van der Waals surface area contributed by atoms with Crippen LogP contribution in [0, 0.1) is 11.8 Å². The number of nitrogens with one attached hydrogen (secondary N) is 2. The summed E-state index contributed by atoms with van der Waals surface area (Å²) < 4.78 is 11.2. The quantitative estimate of drug-likeness (QED) is 0.184. The van der Waals surface area contributed by atoms with Gasteiger partial charge in [-0.1, -0.05) is 74.6 Å². The molecule has 0 aromatic heterocycles. The van der Waals surface area contributed by atoms with Gasteiger partial charge in [-0.25, -0.2) is 9.59 Å². The third-order valence-electron chi connectivity index (χ3n) is 9.83. The Morgan fingerprint density at radius 1 is 0.865 bits per heavy atom. The van der Waals surface area contributed by atoms with Gasteiger partial charge in [0.05, 0.1) is 6.54 Å². The van der Waals surface area contributed by atoms with Crippen LogP contribution in [0.1, 0.15) is 100 Å². The van der Waals surface area contributed by atoms with Crippen LogP contribution in [0.2, 0.25) is 0 Å². The number of nitrogens with zero attached hydrogens (tertiary/aromatic N) is 2. The second-order valence-electron chi connectivity index (χ2n) is 15.1. The number of primary amides is 1. The summed E-state index contributed by atoms with van der Waals surface area (Å²) >= 11 is 0. The van der Waals surface area contributed by atoms with E-state index in [0.717, 1.165) is 49.7 Å². The lowest BCUT2D eigenvalue weighted by molar-refractivity contribution is -0.139. The average Bonchev–Trinajstić information content (AvgIpc) is 3.53. The predicted octanol–water partition coefficient (Wildman–Crippen LogP) is 4.81. The first kappa shape index (κ1) is 38.3. The molecule has 6 amide bonds. The second kappa shape index (κ2) is 17.1. The van der Waals surface area contributed by atoms with Crippen LogP contribution in [0.4, 0.5) is 9.59 Å². The van der Waals surface area contributed by atoms with Crippen molar-refractivity contribution in [1.29, 1.82) is 0 Å². The van der Waals surface area contributed by atoms with Crippen molar-refractivity contribution in [1.82, 2.24) is 20.4 Å². The number of imide groups is 1. The lowest BCUT2D eigenvalue weighted by Crippen LogP contribution is -2.53. The van der Waals surface area contributed by atoms with E-state index in [1.807, 2.05) is 30.3 Å². The number of hydrogen-bond donors (Lipinski definition) is 3. The van der Waals surface area contributed by atoms with Crippen molar-refractivity contribution in [3.05, 3.63) is 71.3 Å². The van der Waals surface area contributed by atoms with Crippen molar-refractivity contribution >= 4 is 35.8 Å². The van der Waals surface area contributed by atoms with Gasteiger partial charge in [0.25, 0.3) is 5.91 Å². The number of benzene rings is 2. The Hall–Kier alpha value is -4.94. The molecule has 3 aliphatic rings. The maximum atomic E-state index is 13.9. The van der Waals surface area contributed by atoms with Gasteiger partial charge in [-0.15, -0.1) is 0 Å². The van der Waals surface area contributed by atoms with Crippen molar-refractivity contribution in [2.75, 3.05) is 6.54 Å². The summed E-state index contributed by atoms with van der Waals surface area (Å²) in [5.74, 6) is -1.65. The number of likely N-dealkylation sites (tertiary alicyclic amines) is 1. The minimum absolute atomic E-state index is 0.0218. The number of fused-ring (bicyclic) bond motifs is 1. The minimum Gasteiger partial charge on any atom is -0.444 e. The fourth-order valence-corrected chi connectivity index (χ4v) is 7.02. The van der Waals surface area contributed by atoms with E-state index in [-0.39, 0.29) is 36.6 Å². The van der Waals surface area contributed by atoms with Crippen molar-refractivity contribution in [2.24, 2.45) is 17.6 Å². The van der Waals surface area contributed by atoms with E-state index in [4.69, 9.17) is 15.2 Å². The molecule has 2 aromatic carbocycles. The van der Waals surface area contributed by atoms with Gasteiger partial charge >= 0.3 is 12.2 Å². The van der Waals surface area contributed by atoms with E-state index in [0.29, 0.717) is 31.5 Å². The molecule has 13 heteroatoms. The molecule has 0 radical (unpaired) electrons. The number of ether oxygens (including phenoxy) is 2. The number of hydrogen-bond acceptors (Lipinski definition) is 8. The summed E-state index contributed by atoms with van der Waals surface area (Å²) in [4.78, 5) is 79.9. The zero-order valence-corrected chi connectivity index (χ0v) is 30.3. The first-order valence-electron chi connectivity index (χ1n) is 18.3. The van der Waals surface area contributed by atoms with Crippen LogP contribution < -0.4 is 16.4 Å². The van der Waals surface area contributed by atoms with Crippen molar-refractivity contribution in [3.63, 3.8) is 0 Å². The number of carbonyl (C=O) groups excluding carboxylic acids is 6. The molecule has 5 atom stereocenters. The summed E-state index contributed by atoms with van der Waals surface area (Å²) in [7, 11) is 0. The molecule has 280 valence electrons. The van der Waals surface area contributed by atoms with Crippen LogP contribution in [-0.2, 0) is 36.9 Å². The molecule has 2 aliphatic heterocycles. The Morgan fingerprint density at radius 2 is 1.50 bits per heavy atom. The number of rotatable bonds is 14. The van der Waals surface area contributed by atoms with Gasteiger partial charge in [-0.2, -0.15) is 0 Å². The molecule has 0 unspecified atom stereocenters. The third-order valence-corrected chi connectivity index (χ3v) is 9.83. The maximum absolute atomic E-state index is 13.9. The Morgan fingerprint density at radius 3 is 2.15 bits per heavy atom. The molecule has 2 heterocycles. The molecule has 4 N–H and O–H groups in total. The summed E-state index contributed by atoms with van der Waals surface area (Å²) in [5.41, 5.74) is 7.48. The molecule has 0 bridgehead atoms. The molecule has 2 aromatic rings. The molecule has 2 fully saturated rings. The van der Waals surface area contributed by atoms with E-state index < -0.39 is 47.8 Å². The highest BCUT2D eigenvalue weighted by Gasteiger charge is 2.44. The smallest absolute Gasteiger partial charge is 0.410 e. The number of alkyl carbamates (subject to hydrolysis) is 1. The SMILES string of the molecule is CC(C)(C)OC(=O)N[C@@H](CCCCCCC[C@@H]1C[C@@H]1C(=O)NC(=O)c1ccccc1)C(=O)N1C[C@H](OC(=O)N2Cc3ccccc3C2)C[C@H]1C(N)=O. The van der Waals surface area contributed by atoms with E-state index in [9.17, 15) is 28.8 Å². The zero-order valence-electron chi connectivity index (χ0n) is 30.3. The summed E-state index contributed by atoms with van der Waals surface area (Å²) in [6, 6.07) is 14.5. The van der Waals surface area contributed by atoms with E-state index in [2.05, 4.69) is 10.6 Å². The van der Waals surface area contributed by atoms with Crippen molar-refractivity contribution in [2.45, 2.75) is 115 Å². The van der Waals surface area contributed by atoms with Gasteiger partial charge in [-0.05, 0) is 69.2 Å². The lowest BCUT2D eigenvalue weighted by Gasteiger charge is -2.28. The number of unbranched alkanes of at least 4 members (excludes halogenated alkanes) is 4. The van der Waals surface area contributed by atoms with Crippen molar-refractivity contribution in [3.8, 4) is 0 Å². The molecular weight excluding hydrogens is 666 g/mol. The van der Waals surface area contributed by atoms with Crippen LogP contribution in [0.5, 0.6) is 0 Å². The minimum atomic E-state index is -0.992. The predicted molar refractivity (Wildman–Crippen MR) is 191 cm³/mol. The van der Waals surface area contributed by atoms with Crippen molar-refractivity contribution < 1.29 is 38.2 Å². The Labute approximate surface area is 304 Å². The van der Waals surface area contributed by atoms with Gasteiger partial charge in [0.15, 0.2) is 0 Å². The molecule has 1 saturated carbocycles. The summed E-state index contributed by atoms with van der Waals surface area (Å²) in [5, 5.41) is 5.21. The average molecular weight is 718 g/mol. The van der Waals surface area contributed by atoms with Gasteiger partial charge < -0.3 is 25.4 Å². The first-order valence-corrected chi connectivity index (χ1v) is 18.3. The van der Waals surface area contributed by atoms with Gasteiger partial charge in [0, 0.05) is 31.0 Å². The molecule has 5 rings (SSSR count). The Bertz CT molecular complexity index is 1600. The third kappa shape index (κ3) is 10.5. The van der Waals surface area contributed by atoms with E-state index >= 15 is 0 Å². The maximum Gasteiger partial charge on any atom is 0.410 e. The lowest BCUT2D eigenvalue weighted by atomic mass is 10.0.